The maximum Gasteiger partial charge on any atom is 0.229 e. The summed E-state index contributed by atoms with van der Waals surface area (Å²) in [5.41, 5.74) is 9.81. The molecular weight excluding hydrogens is 338 g/mol. The van der Waals surface area contributed by atoms with Gasteiger partial charge in [0.15, 0.2) is 11.6 Å². The fraction of sp³-hybridized carbons (Fsp3) is 0.421. The third-order valence-electron chi connectivity index (χ3n) is 5.31. The predicted molar refractivity (Wildman–Crippen MR) is 92.7 cm³/mol. The first kappa shape index (κ1) is 17.0. The number of nitrogens with one attached hydrogen (secondary N) is 1. The lowest BCUT2D eigenvalue weighted by atomic mass is 9.91. The molecule has 0 radical (unpaired) electrons. The van der Waals surface area contributed by atoms with Crippen molar-refractivity contribution in [3.63, 3.8) is 0 Å². The molecule has 0 fully saturated rings. The minimum absolute atomic E-state index is 0.0730. The SMILES string of the molecule is NC(CC(=O)Nc1ncc2c(n1)CCC2)C1CCc2cc(F)c(F)cc21. The summed E-state index contributed by atoms with van der Waals surface area (Å²) in [4.78, 5) is 20.9. The summed E-state index contributed by atoms with van der Waals surface area (Å²) in [6.45, 7) is 0. The van der Waals surface area contributed by atoms with Gasteiger partial charge < -0.3 is 5.73 Å². The fourth-order valence-electron chi connectivity index (χ4n) is 3.98. The van der Waals surface area contributed by atoms with Crippen LogP contribution in [-0.4, -0.2) is 21.9 Å². The molecule has 1 aromatic heterocycles. The number of nitrogens with zero attached hydrogens (tertiary/aromatic N) is 2. The number of benzene rings is 1. The molecule has 5 nitrogen and oxygen atoms in total. The molecule has 1 amide bonds. The van der Waals surface area contributed by atoms with Crippen LogP contribution in [0.25, 0.3) is 0 Å². The van der Waals surface area contributed by atoms with Crippen LogP contribution in [0.3, 0.4) is 0 Å². The molecule has 2 atom stereocenters. The van der Waals surface area contributed by atoms with Crippen LogP contribution in [0.4, 0.5) is 14.7 Å². The van der Waals surface area contributed by atoms with Crippen LogP contribution < -0.4 is 11.1 Å². The van der Waals surface area contributed by atoms with Gasteiger partial charge in [0.2, 0.25) is 11.9 Å². The Labute approximate surface area is 150 Å². The van der Waals surface area contributed by atoms with Crippen molar-refractivity contribution in [3.05, 3.63) is 52.3 Å². The van der Waals surface area contributed by atoms with Gasteiger partial charge in [0.1, 0.15) is 0 Å². The summed E-state index contributed by atoms with van der Waals surface area (Å²) < 4.78 is 26.9. The van der Waals surface area contributed by atoms with Crippen LogP contribution in [0, 0.1) is 11.6 Å². The molecular formula is C19H20F2N4O. The van der Waals surface area contributed by atoms with Gasteiger partial charge in [-0.3, -0.25) is 10.1 Å². The van der Waals surface area contributed by atoms with Crippen LogP contribution in [0.5, 0.6) is 0 Å². The first-order valence-electron chi connectivity index (χ1n) is 8.89. The van der Waals surface area contributed by atoms with Crippen molar-refractivity contribution in [1.29, 1.82) is 0 Å². The van der Waals surface area contributed by atoms with E-state index >= 15 is 0 Å². The summed E-state index contributed by atoms with van der Waals surface area (Å²) in [5, 5.41) is 2.70. The van der Waals surface area contributed by atoms with E-state index in [2.05, 4.69) is 15.3 Å². The number of halogens is 2. The molecule has 2 aromatic rings. The first-order valence-corrected chi connectivity index (χ1v) is 8.89. The fourth-order valence-corrected chi connectivity index (χ4v) is 3.98. The minimum Gasteiger partial charge on any atom is -0.327 e. The van der Waals surface area contributed by atoms with Crippen LogP contribution in [0.2, 0.25) is 0 Å². The van der Waals surface area contributed by atoms with Crippen LogP contribution in [0.1, 0.15) is 47.6 Å². The number of fused-ring (bicyclic) bond motifs is 2. The molecule has 1 aromatic carbocycles. The van der Waals surface area contributed by atoms with Crippen LogP contribution in [0.15, 0.2) is 18.3 Å². The van der Waals surface area contributed by atoms with E-state index in [4.69, 9.17) is 5.73 Å². The van der Waals surface area contributed by atoms with E-state index in [1.54, 1.807) is 6.20 Å². The van der Waals surface area contributed by atoms with Gasteiger partial charge in [-0.1, -0.05) is 0 Å². The average Bonchev–Trinajstić information content (AvgIpc) is 3.21. The maximum absolute atomic E-state index is 13.6. The Bertz CT molecular complexity index is 871. The Balaban J connectivity index is 1.42. The zero-order chi connectivity index (χ0) is 18.3. The highest BCUT2D eigenvalue weighted by atomic mass is 19.2. The number of rotatable bonds is 4. The smallest absolute Gasteiger partial charge is 0.229 e. The standard InChI is InChI=1S/C19H20F2N4O/c20-14-6-10-4-5-12(13(10)7-15(14)21)16(22)8-18(26)25-19-23-9-11-2-1-3-17(11)24-19/h6-7,9,12,16H,1-5,8,22H2,(H,23,24,25,26). The Morgan fingerprint density at radius 3 is 2.88 bits per heavy atom. The molecule has 0 aliphatic heterocycles. The van der Waals surface area contributed by atoms with Gasteiger partial charge >= 0.3 is 0 Å². The molecule has 0 bridgehead atoms. The highest BCUT2D eigenvalue weighted by Gasteiger charge is 2.30. The van der Waals surface area contributed by atoms with Crippen molar-refractivity contribution >= 4 is 11.9 Å². The Morgan fingerprint density at radius 2 is 2.04 bits per heavy atom. The topological polar surface area (TPSA) is 80.9 Å². The molecule has 2 aliphatic rings. The van der Waals surface area contributed by atoms with Gasteiger partial charge in [-0.2, -0.15) is 0 Å². The van der Waals surface area contributed by atoms with Crippen molar-refractivity contribution in [2.24, 2.45) is 5.73 Å². The molecule has 0 saturated carbocycles. The number of amides is 1. The quantitative estimate of drug-likeness (QED) is 0.880. The summed E-state index contributed by atoms with van der Waals surface area (Å²) in [7, 11) is 0. The number of aryl methyl sites for hydroxylation is 3. The number of anilines is 1. The van der Waals surface area contributed by atoms with E-state index in [9.17, 15) is 13.6 Å². The maximum atomic E-state index is 13.6. The van der Waals surface area contributed by atoms with E-state index in [1.807, 2.05) is 0 Å². The van der Waals surface area contributed by atoms with Gasteiger partial charge in [-0.05, 0) is 60.9 Å². The molecule has 2 aliphatic carbocycles. The molecule has 1 heterocycles. The first-order chi connectivity index (χ1) is 12.5. The second kappa shape index (κ2) is 6.72. The summed E-state index contributed by atoms with van der Waals surface area (Å²) >= 11 is 0. The van der Waals surface area contributed by atoms with Gasteiger partial charge in [0.25, 0.3) is 0 Å². The zero-order valence-corrected chi connectivity index (χ0v) is 14.3. The lowest BCUT2D eigenvalue weighted by Crippen LogP contribution is -2.32. The number of carbonyl (C=O) groups excluding carboxylic acids is 1. The summed E-state index contributed by atoms with van der Waals surface area (Å²) in [6.07, 6.45) is 6.10. The number of nitrogens with two attached hydrogens (primary N) is 1. The van der Waals surface area contributed by atoms with E-state index in [1.165, 1.54) is 12.1 Å². The molecule has 136 valence electrons. The molecule has 2 unspecified atom stereocenters. The largest absolute Gasteiger partial charge is 0.327 e. The Kier molecular flexibility index (Phi) is 4.40. The Morgan fingerprint density at radius 1 is 1.23 bits per heavy atom. The second-order valence-electron chi connectivity index (χ2n) is 7.05. The number of hydrogen-bond acceptors (Lipinski definition) is 4. The van der Waals surface area contributed by atoms with E-state index in [0.717, 1.165) is 36.1 Å². The highest BCUT2D eigenvalue weighted by molar-refractivity contribution is 5.89. The van der Waals surface area contributed by atoms with Gasteiger partial charge in [0.05, 0.1) is 0 Å². The third-order valence-corrected chi connectivity index (χ3v) is 5.31. The number of carbonyl (C=O) groups is 1. The molecule has 26 heavy (non-hydrogen) atoms. The molecule has 7 heteroatoms. The molecule has 3 N–H and O–H groups in total. The number of hydrogen-bond donors (Lipinski definition) is 2. The summed E-state index contributed by atoms with van der Waals surface area (Å²) in [6, 6.07) is 1.97. The second-order valence-corrected chi connectivity index (χ2v) is 7.05. The van der Waals surface area contributed by atoms with Crippen molar-refractivity contribution in [2.75, 3.05) is 5.32 Å². The van der Waals surface area contributed by atoms with Crippen LogP contribution >= 0.6 is 0 Å². The third kappa shape index (κ3) is 3.19. The van der Waals surface area contributed by atoms with Gasteiger partial charge in [-0.15, -0.1) is 0 Å². The number of aromatic nitrogens is 2. The highest BCUT2D eigenvalue weighted by Crippen LogP contribution is 2.37. The predicted octanol–water partition coefficient (Wildman–Crippen LogP) is 2.63. The average molecular weight is 358 g/mol. The molecule has 0 saturated heterocycles. The molecule has 0 spiro atoms. The minimum atomic E-state index is -0.876. The van der Waals surface area contributed by atoms with E-state index in [0.29, 0.717) is 24.4 Å². The van der Waals surface area contributed by atoms with Crippen molar-refractivity contribution < 1.29 is 13.6 Å². The van der Waals surface area contributed by atoms with Crippen LogP contribution in [-0.2, 0) is 24.1 Å². The summed E-state index contributed by atoms with van der Waals surface area (Å²) in [5.74, 6) is -1.86. The van der Waals surface area contributed by atoms with Crippen molar-refractivity contribution in [3.8, 4) is 0 Å². The lowest BCUT2D eigenvalue weighted by molar-refractivity contribution is -0.116. The molecule has 4 rings (SSSR count). The lowest BCUT2D eigenvalue weighted by Gasteiger charge is -2.20. The van der Waals surface area contributed by atoms with E-state index < -0.39 is 17.7 Å². The van der Waals surface area contributed by atoms with Crippen molar-refractivity contribution in [1.82, 2.24) is 9.97 Å². The van der Waals surface area contributed by atoms with Crippen molar-refractivity contribution in [2.45, 2.75) is 50.5 Å². The van der Waals surface area contributed by atoms with E-state index in [-0.39, 0.29) is 18.2 Å². The van der Waals surface area contributed by atoms with Gasteiger partial charge in [-0.25, -0.2) is 18.7 Å². The Hall–Kier alpha value is -2.41. The van der Waals surface area contributed by atoms with Gasteiger partial charge in [0, 0.05) is 30.3 Å². The monoisotopic (exact) mass is 358 g/mol. The zero-order valence-electron chi connectivity index (χ0n) is 14.3. The normalized spacial score (nSPS) is 19.1.